The molecule has 2 N–H and O–H groups in total. The Morgan fingerprint density at radius 3 is 2.89 bits per heavy atom. The molecule has 1 fully saturated rings. The monoisotopic (exact) mass is 315 g/mol. The molecule has 0 spiro atoms. The van der Waals surface area contributed by atoms with E-state index in [2.05, 4.69) is 21.2 Å². The summed E-state index contributed by atoms with van der Waals surface area (Å²) in [5.74, 6) is 0.154. The molecule has 0 saturated carbocycles. The highest BCUT2D eigenvalue weighted by Gasteiger charge is 2.30. The van der Waals surface area contributed by atoms with Gasteiger partial charge in [0.25, 0.3) is 5.56 Å². The molecule has 7 heteroatoms. The molecule has 18 heavy (non-hydrogen) atoms. The summed E-state index contributed by atoms with van der Waals surface area (Å²) in [5, 5.41) is 11.5. The first kappa shape index (κ1) is 13.1. The molecule has 0 aromatic carbocycles. The van der Waals surface area contributed by atoms with Crippen molar-refractivity contribution in [2.75, 3.05) is 25.0 Å². The molecule has 2 heterocycles. The maximum absolute atomic E-state index is 11.8. The SMILES string of the molecule is Cn1cc(Br)cc(NC(=O)N2CC(CO)C2)c1=O. The normalized spacial score (nSPS) is 15.4. The zero-order chi connectivity index (χ0) is 13.3. The lowest BCUT2D eigenvalue weighted by atomic mass is 10.0. The second-order valence-electron chi connectivity index (χ2n) is 4.37. The highest BCUT2D eigenvalue weighted by atomic mass is 79.9. The van der Waals surface area contributed by atoms with Crippen molar-refractivity contribution in [1.82, 2.24) is 9.47 Å². The average molecular weight is 316 g/mol. The van der Waals surface area contributed by atoms with Crippen molar-refractivity contribution in [2.45, 2.75) is 0 Å². The third-order valence-corrected chi connectivity index (χ3v) is 3.33. The first-order valence-corrected chi connectivity index (χ1v) is 6.33. The van der Waals surface area contributed by atoms with Gasteiger partial charge in [0.2, 0.25) is 0 Å². The van der Waals surface area contributed by atoms with E-state index in [0.29, 0.717) is 13.1 Å². The minimum Gasteiger partial charge on any atom is -0.396 e. The van der Waals surface area contributed by atoms with Gasteiger partial charge in [-0.3, -0.25) is 4.79 Å². The van der Waals surface area contributed by atoms with Crippen LogP contribution < -0.4 is 10.9 Å². The van der Waals surface area contributed by atoms with Crippen LogP contribution in [0.1, 0.15) is 0 Å². The van der Waals surface area contributed by atoms with Gasteiger partial charge in [0.1, 0.15) is 5.69 Å². The number of anilines is 1. The van der Waals surface area contributed by atoms with Crippen LogP contribution in [-0.2, 0) is 7.05 Å². The van der Waals surface area contributed by atoms with Crippen molar-refractivity contribution in [1.29, 1.82) is 0 Å². The molecule has 6 nitrogen and oxygen atoms in total. The van der Waals surface area contributed by atoms with E-state index in [9.17, 15) is 9.59 Å². The van der Waals surface area contributed by atoms with E-state index < -0.39 is 0 Å². The van der Waals surface area contributed by atoms with Gasteiger partial charge in [-0.15, -0.1) is 0 Å². The fraction of sp³-hybridized carbons (Fsp3) is 0.455. The molecule has 0 aliphatic carbocycles. The van der Waals surface area contributed by atoms with Crippen molar-refractivity contribution in [3.05, 3.63) is 27.1 Å². The third-order valence-electron chi connectivity index (χ3n) is 2.89. The Bertz CT molecular complexity index is 523. The second kappa shape index (κ2) is 5.11. The van der Waals surface area contributed by atoms with E-state index in [1.807, 2.05) is 0 Å². The Morgan fingerprint density at radius 1 is 1.61 bits per heavy atom. The van der Waals surface area contributed by atoms with E-state index in [4.69, 9.17) is 5.11 Å². The van der Waals surface area contributed by atoms with Gasteiger partial charge in [-0.1, -0.05) is 0 Å². The number of urea groups is 1. The molecule has 0 bridgehead atoms. The summed E-state index contributed by atoms with van der Waals surface area (Å²) < 4.78 is 2.11. The topological polar surface area (TPSA) is 74.6 Å². The molecule has 1 aliphatic rings. The summed E-state index contributed by atoms with van der Waals surface area (Å²) in [6.07, 6.45) is 1.63. The summed E-state index contributed by atoms with van der Waals surface area (Å²) in [5.41, 5.74) is -0.0184. The second-order valence-corrected chi connectivity index (χ2v) is 5.29. The van der Waals surface area contributed by atoms with Crippen LogP contribution in [0.3, 0.4) is 0 Å². The number of carbonyl (C=O) groups is 1. The average Bonchev–Trinajstić information content (AvgIpc) is 2.23. The summed E-state index contributed by atoms with van der Waals surface area (Å²) >= 11 is 3.27. The highest BCUT2D eigenvalue weighted by molar-refractivity contribution is 9.10. The minimum atomic E-state index is -0.310. The van der Waals surface area contributed by atoms with E-state index in [1.54, 1.807) is 24.2 Å². The first-order chi connectivity index (χ1) is 8.51. The molecule has 1 saturated heterocycles. The fourth-order valence-electron chi connectivity index (χ4n) is 1.81. The van der Waals surface area contributed by atoms with Gasteiger partial charge < -0.3 is 19.9 Å². The zero-order valence-corrected chi connectivity index (χ0v) is 11.5. The number of amides is 2. The van der Waals surface area contributed by atoms with E-state index in [1.165, 1.54) is 4.57 Å². The highest BCUT2D eigenvalue weighted by Crippen LogP contribution is 2.17. The predicted molar refractivity (Wildman–Crippen MR) is 70.6 cm³/mol. The molecule has 0 radical (unpaired) electrons. The summed E-state index contributed by atoms with van der Waals surface area (Å²) in [7, 11) is 1.62. The Morgan fingerprint density at radius 2 is 2.28 bits per heavy atom. The largest absolute Gasteiger partial charge is 0.396 e. The van der Waals surface area contributed by atoms with Gasteiger partial charge in [-0.05, 0) is 22.0 Å². The van der Waals surface area contributed by atoms with Crippen LogP contribution in [0.25, 0.3) is 0 Å². The molecule has 1 aromatic heterocycles. The number of aliphatic hydroxyl groups is 1. The summed E-state index contributed by atoms with van der Waals surface area (Å²) in [6, 6.07) is 1.26. The van der Waals surface area contributed by atoms with E-state index in [-0.39, 0.29) is 29.8 Å². The van der Waals surface area contributed by atoms with Gasteiger partial charge in [0, 0.05) is 43.3 Å². The van der Waals surface area contributed by atoms with Crippen LogP contribution in [0, 0.1) is 5.92 Å². The Hall–Kier alpha value is -1.34. The number of rotatable bonds is 2. The number of aliphatic hydroxyl groups excluding tert-OH is 1. The number of carbonyl (C=O) groups excluding carboxylic acids is 1. The molecule has 0 unspecified atom stereocenters. The molecule has 1 aromatic rings. The Kier molecular flexibility index (Phi) is 3.72. The molecule has 98 valence electrons. The number of hydrogen-bond donors (Lipinski definition) is 2. The minimum absolute atomic E-state index is 0.0857. The molecular weight excluding hydrogens is 302 g/mol. The zero-order valence-electron chi connectivity index (χ0n) is 9.89. The predicted octanol–water partition coefficient (Wildman–Crippen LogP) is 0.604. The summed E-state index contributed by atoms with van der Waals surface area (Å²) in [4.78, 5) is 25.1. The number of halogens is 1. The molecule has 2 rings (SSSR count). The van der Waals surface area contributed by atoms with Crippen molar-refractivity contribution in [3.63, 3.8) is 0 Å². The number of likely N-dealkylation sites (tertiary alicyclic amines) is 1. The molecule has 2 amide bonds. The van der Waals surface area contributed by atoms with Crippen molar-refractivity contribution in [3.8, 4) is 0 Å². The number of nitrogens with one attached hydrogen (secondary N) is 1. The molecule has 1 aliphatic heterocycles. The van der Waals surface area contributed by atoms with E-state index >= 15 is 0 Å². The number of aryl methyl sites for hydroxylation is 1. The fourth-order valence-corrected chi connectivity index (χ4v) is 2.34. The maximum atomic E-state index is 11.8. The summed E-state index contributed by atoms with van der Waals surface area (Å²) in [6.45, 7) is 1.13. The molecular formula is C11H14BrN3O3. The lowest BCUT2D eigenvalue weighted by molar-refractivity contribution is 0.0838. The molecule has 0 atom stereocenters. The lowest BCUT2D eigenvalue weighted by Crippen LogP contribution is -2.53. The van der Waals surface area contributed by atoms with Crippen LogP contribution >= 0.6 is 15.9 Å². The Labute approximate surface area is 112 Å². The first-order valence-electron chi connectivity index (χ1n) is 5.54. The van der Waals surface area contributed by atoms with Gasteiger partial charge in [-0.25, -0.2) is 4.79 Å². The van der Waals surface area contributed by atoms with Crippen molar-refractivity contribution < 1.29 is 9.90 Å². The number of hydrogen-bond acceptors (Lipinski definition) is 3. The van der Waals surface area contributed by atoms with Crippen LogP contribution in [0.2, 0.25) is 0 Å². The Balaban J connectivity index is 2.06. The van der Waals surface area contributed by atoms with Crippen LogP contribution in [0.4, 0.5) is 10.5 Å². The standard InChI is InChI=1S/C11H14BrN3O3/c1-14-5-8(12)2-9(10(14)17)13-11(18)15-3-7(4-15)6-16/h2,5,7,16H,3-4,6H2,1H3,(H,13,18). The van der Waals surface area contributed by atoms with Crippen LogP contribution in [-0.4, -0.2) is 40.3 Å². The lowest BCUT2D eigenvalue weighted by Gasteiger charge is -2.37. The number of aromatic nitrogens is 1. The maximum Gasteiger partial charge on any atom is 0.322 e. The van der Waals surface area contributed by atoms with Gasteiger partial charge in [0.05, 0.1) is 0 Å². The van der Waals surface area contributed by atoms with Crippen molar-refractivity contribution in [2.24, 2.45) is 13.0 Å². The number of nitrogens with zero attached hydrogens (tertiary/aromatic N) is 2. The van der Waals surface area contributed by atoms with Crippen molar-refractivity contribution >= 4 is 27.6 Å². The third kappa shape index (κ3) is 2.56. The number of pyridine rings is 1. The quantitative estimate of drug-likeness (QED) is 0.839. The van der Waals surface area contributed by atoms with Gasteiger partial charge >= 0.3 is 6.03 Å². The van der Waals surface area contributed by atoms with Gasteiger partial charge in [-0.2, -0.15) is 0 Å². The van der Waals surface area contributed by atoms with Crippen LogP contribution in [0.5, 0.6) is 0 Å². The smallest absolute Gasteiger partial charge is 0.322 e. The van der Waals surface area contributed by atoms with E-state index in [0.717, 1.165) is 4.47 Å². The van der Waals surface area contributed by atoms with Gasteiger partial charge in [0.15, 0.2) is 0 Å². The van der Waals surface area contributed by atoms with Crippen LogP contribution in [0.15, 0.2) is 21.5 Å².